The van der Waals surface area contributed by atoms with Gasteiger partial charge >= 0.3 is 5.97 Å². The summed E-state index contributed by atoms with van der Waals surface area (Å²) >= 11 is 7.06. The van der Waals surface area contributed by atoms with Crippen LogP contribution in [0.15, 0.2) is 53.4 Å². The molecule has 3 rings (SSSR count). The molecule has 1 aliphatic heterocycles. The van der Waals surface area contributed by atoms with E-state index < -0.39 is 17.1 Å². The first kappa shape index (κ1) is 17.3. The van der Waals surface area contributed by atoms with Crippen LogP contribution >= 0.6 is 23.4 Å². The molecule has 1 aliphatic rings. The summed E-state index contributed by atoms with van der Waals surface area (Å²) in [6, 6.07) is 14.1. The number of ether oxygens (including phenoxy) is 1. The van der Waals surface area contributed by atoms with Gasteiger partial charge in [-0.05, 0) is 35.0 Å². The number of carbonyl (C=O) groups excluding carboxylic acids is 3. The van der Waals surface area contributed by atoms with E-state index in [4.69, 9.17) is 16.3 Å². The number of thioether (sulfide) groups is 1. The van der Waals surface area contributed by atoms with E-state index in [1.807, 2.05) is 30.3 Å². The van der Waals surface area contributed by atoms with Gasteiger partial charge < -0.3 is 4.74 Å². The maximum atomic E-state index is 12.1. The number of hydrogen-bond acceptors (Lipinski definition) is 5. The highest BCUT2D eigenvalue weighted by Gasteiger charge is 2.25. The van der Waals surface area contributed by atoms with Gasteiger partial charge in [-0.2, -0.15) is 0 Å². The van der Waals surface area contributed by atoms with Crippen LogP contribution in [0.2, 0.25) is 5.02 Å². The third kappa shape index (κ3) is 4.29. The molecule has 0 radical (unpaired) electrons. The van der Waals surface area contributed by atoms with E-state index >= 15 is 0 Å². The maximum Gasteiger partial charge on any atom is 0.315 e. The highest BCUT2D eigenvalue weighted by Crippen LogP contribution is 2.33. The summed E-state index contributed by atoms with van der Waals surface area (Å²) in [7, 11) is 0. The van der Waals surface area contributed by atoms with Gasteiger partial charge in [-0.25, -0.2) is 0 Å². The maximum absolute atomic E-state index is 12.1. The molecule has 1 fully saturated rings. The van der Waals surface area contributed by atoms with Crippen LogP contribution in [0.5, 0.6) is 5.75 Å². The standard InChI is InChI=1S/C18H12ClNO4S/c19-16-12(10-14-17(22)20-18(23)25-14)7-4-8-13(16)24-15(21)9-11-5-2-1-3-6-11/h1-8,10H,9H2,(H,20,22,23). The highest BCUT2D eigenvalue weighted by atomic mass is 35.5. The molecule has 5 nitrogen and oxygen atoms in total. The molecule has 0 aliphatic carbocycles. The van der Waals surface area contributed by atoms with Crippen LogP contribution in [-0.4, -0.2) is 17.1 Å². The van der Waals surface area contributed by atoms with E-state index in [1.54, 1.807) is 18.2 Å². The third-order valence-electron chi connectivity index (χ3n) is 3.34. The van der Waals surface area contributed by atoms with Crippen LogP contribution in [0, 0.1) is 0 Å². The van der Waals surface area contributed by atoms with Crippen molar-refractivity contribution in [1.82, 2.24) is 5.32 Å². The van der Waals surface area contributed by atoms with Gasteiger partial charge in [0.25, 0.3) is 11.1 Å². The zero-order chi connectivity index (χ0) is 17.8. The summed E-state index contributed by atoms with van der Waals surface area (Å²) in [4.78, 5) is 35.1. The van der Waals surface area contributed by atoms with Gasteiger partial charge in [0.1, 0.15) is 5.75 Å². The van der Waals surface area contributed by atoms with Gasteiger partial charge in [-0.15, -0.1) is 0 Å². The van der Waals surface area contributed by atoms with E-state index in [0.29, 0.717) is 5.56 Å². The van der Waals surface area contributed by atoms with Crippen molar-refractivity contribution in [2.24, 2.45) is 0 Å². The summed E-state index contributed by atoms with van der Waals surface area (Å²) in [5.74, 6) is -0.717. The van der Waals surface area contributed by atoms with Gasteiger partial charge in [0.2, 0.25) is 0 Å². The van der Waals surface area contributed by atoms with Crippen molar-refractivity contribution in [3.63, 3.8) is 0 Å². The predicted octanol–water partition coefficient (Wildman–Crippen LogP) is 3.81. The van der Waals surface area contributed by atoms with Gasteiger partial charge in [0.05, 0.1) is 16.3 Å². The molecule has 126 valence electrons. The van der Waals surface area contributed by atoms with Crippen LogP contribution < -0.4 is 10.1 Å². The summed E-state index contributed by atoms with van der Waals surface area (Å²) in [5, 5.41) is 1.93. The molecule has 0 atom stereocenters. The topological polar surface area (TPSA) is 72.5 Å². The van der Waals surface area contributed by atoms with E-state index in [2.05, 4.69) is 5.32 Å². The van der Waals surface area contributed by atoms with Crippen LogP contribution in [-0.2, 0) is 16.0 Å². The van der Waals surface area contributed by atoms with Crippen molar-refractivity contribution in [1.29, 1.82) is 0 Å². The quantitative estimate of drug-likeness (QED) is 0.501. The molecule has 2 amide bonds. The molecule has 0 saturated carbocycles. The Balaban J connectivity index is 1.77. The fraction of sp³-hybridized carbons (Fsp3) is 0.0556. The second-order valence-electron chi connectivity index (χ2n) is 5.15. The Kier molecular flexibility index (Phi) is 5.21. The smallest absolute Gasteiger partial charge is 0.315 e. The summed E-state index contributed by atoms with van der Waals surface area (Å²) < 4.78 is 5.33. The lowest BCUT2D eigenvalue weighted by Gasteiger charge is -2.08. The molecule has 7 heteroatoms. The number of benzene rings is 2. The van der Waals surface area contributed by atoms with Crippen molar-refractivity contribution < 1.29 is 19.1 Å². The number of carbonyl (C=O) groups is 3. The Hall–Kier alpha value is -2.57. The molecule has 1 heterocycles. The fourth-order valence-corrected chi connectivity index (χ4v) is 3.09. The van der Waals surface area contributed by atoms with Crippen molar-refractivity contribution in [3.8, 4) is 5.75 Å². The zero-order valence-corrected chi connectivity index (χ0v) is 14.4. The van der Waals surface area contributed by atoms with Gasteiger partial charge in [0, 0.05) is 0 Å². The molecule has 1 saturated heterocycles. The number of hydrogen-bond donors (Lipinski definition) is 1. The SMILES string of the molecule is O=C(Cc1ccccc1)Oc1cccc(C=C2SC(=O)NC2=O)c1Cl. The average Bonchev–Trinajstić information content (AvgIpc) is 2.89. The van der Waals surface area contributed by atoms with Gasteiger partial charge in [0.15, 0.2) is 0 Å². The van der Waals surface area contributed by atoms with Crippen LogP contribution in [0.4, 0.5) is 4.79 Å². The fourth-order valence-electron chi connectivity index (χ4n) is 2.20. The second-order valence-corrected chi connectivity index (χ2v) is 6.54. The minimum absolute atomic E-state index is 0.120. The van der Waals surface area contributed by atoms with E-state index in [1.165, 1.54) is 6.08 Å². The minimum Gasteiger partial charge on any atom is -0.425 e. The lowest BCUT2D eigenvalue weighted by Crippen LogP contribution is -2.17. The second kappa shape index (κ2) is 7.55. The first-order valence-corrected chi connectivity index (χ1v) is 8.50. The Morgan fingerprint density at radius 3 is 2.56 bits per heavy atom. The number of imide groups is 1. The zero-order valence-electron chi connectivity index (χ0n) is 12.8. The molecular formula is C18H12ClNO4S. The molecule has 2 aromatic carbocycles. The Morgan fingerprint density at radius 1 is 1.12 bits per heavy atom. The molecule has 0 unspecified atom stereocenters. The number of rotatable bonds is 4. The van der Waals surface area contributed by atoms with Gasteiger partial charge in [-0.1, -0.05) is 54.1 Å². The largest absolute Gasteiger partial charge is 0.425 e. The highest BCUT2D eigenvalue weighted by molar-refractivity contribution is 8.18. The Labute approximate surface area is 153 Å². The van der Waals surface area contributed by atoms with E-state index in [9.17, 15) is 14.4 Å². The van der Waals surface area contributed by atoms with E-state index in [0.717, 1.165) is 17.3 Å². The molecule has 0 spiro atoms. The first-order valence-electron chi connectivity index (χ1n) is 7.31. The number of nitrogens with one attached hydrogen (secondary N) is 1. The lowest BCUT2D eigenvalue weighted by molar-refractivity contribution is -0.133. The third-order valence-corrected chi connectivity index (χ3v) is 4.55. The summed E-state index contributed by atoms with van der Waals surface area (Å²) in [6.45, 7) is 0. The number of esters is 1. The predicted molar refractivity (Wildman–Crippen MR) is 96.3 cm³/mol. The molecular weight excluding hydrogens is 362 g/mol. The minimum atomic E-state index is -0.474. The Bertz CT molecular complexity index is 880. The normalized spacial score (nSPS) is 15.3. The van der Waals surface area contributed by atoms with Crippen molar-refractivity contribution >= 4 is 46.6 Å². The molecule has 25 heavy (non-hydrogen) atoms. The monoisotopic (exact) mass is 373 g/mol. The van der Waals surface area contributed by atoms with Crippen LogP contribution in [0.3, 0.4) is 0 Å². The number of amides is 2. The molecule has 0 aromatic heterocycles. The Morgan fingerprint density at radius 2 is 1.88 bits per heavy atom. The first-order chi connectivity index (χ1) is 12.0. The van der Waals surface area contributed by atoms with Crippen molar-refractivity contribution in [2.75, 3.05) is 0 Å². The van der Waals surface area contributed by atoms with Crippen molar-refractivity contribution in [3.05, 3.63) is 69.6 Å². The van der Waals surface area contributed by atoms with Crippen LogP contribution in [0.1, 0.15) is 11.1 Å². The van der Waals surface area contributed by atoms with Crippen LogP contribution in [0.25, 0.3) is 6.08 Å². The number of halogens is 1. The summed E-state index contributed by atoms with van der Waals surface area (Å²) in [6.07, 6.45) is 1.61. The molecule has 0 bridgehead atoms. The van der Waals surface area contributed by atoms with Gasteiger partial charge in [-0.3, -0.25) is 19.7 Å². The molecule has 1 N–H and O–H groups in total. The van der Waals surface area contributed by atoms with E-state index in [-0.39, 0.29) is 22.1 Å². The average molecular weight is 374 g/mol. The summed E-state index contributed by atoms with van der Waals surface area (Å²) in [5.41, 5.74) is 1.32. The lowest BCUT2D eigenvalue weighted by atomic mass is 10.1. The van der Waals surface area contributed by atoms with Crippen molar-refractivity contribution in [2.45, 2.75) is 6.42 Å². The molecule has 2 aromatic rings.